The number of phenolic OH excluding ortho intramolecular Hbond substituents is 1. The summed E-state index contributed by atoms with van der Waals surface area (Å²) in [5.74, 6) is -2.28. The predicted octanol–water partition coefficient (Wildman–Crippen LogP) is 2.82. The molecule has 6 heteroatoms. The van der Waals surface area contributed by atoms with E-state index in [0.717, 1.165) is 12.1 Å². The second kappa shape index (κ2) is 6.13. The Morgan fingerprint density at radius 2 is 1.86 bits per heavy atom. The lowest BCUT2D eigenvalue weighted by atomic mass is 10.1. The molecule has 0 fully saturated rings. The number of hydrazone groups is 1. The van der Waals surface area contributed by atoms with Crippen LogP contribution in [0.3, 0.4) is 0 Å². The van der Waals surface area contributed by atoms with Crippen LogP contribution in [-0.4, -0.2) is 16.7 Å². The first-order chi connectivity index (χ1) is 9.99. The first kappa shape index (κ1) is 14.6. The number of nitrogens with zero attached hydrogens (tertiary/aromatic N) is 1. The maximum Gasteiger partial charge on any atom is 0.275 e. The molecular formula is C15H12F2N2O2. The second-order valence-electron chi connectivity index (χ2n) is 4.28. The number of carbonyl (C=O) groups is 1. The molecule has 0 unspecified atom stereocenters. The fourth-order valence-electron chi connectivity index (χ4n) is 1.70. The molecule has 108 valence electrons. The summed E-state index contributed by atoms with van der Waals surface area (Å²) < 4.78 is 26.4. The van der Waals surface area contributed by atoms with Crippen LogP contribution in [0.1, 0.15) is 22.8 Å². The largest absolute Gasteiger partial charge is 0.507 e. The van der Waals surface area contributed by atoms with Gasteiger partial charge in [-0.15, -0.1) is 0 Å². The van der Waals surface area contributed by atoms with Crippen molar-refractivity contribution in [1.82, 2.24) is 5.43 Å². The van der Waals surface area contributed by atoms with Gasteiger partial charge in [0, 0.05) is 11.6 Å². The van der Waals surface area contributed by atoms with E-state index in [1.54, 1.807) is 12.1 Å². The first-order valence-electron chi connectivity index (χ1n) is 6.07. The van der Waals surface area contributed by atoms with E-state index in [1.807, 2.05) is 0 Å². The van der Waals surface area contributed by atoms with E-state index in [2.05, 4.69) is 10.5 Å². The highest BCUT2D eigenvalue weighted by Crippen LogP contribution is 2.15. The summed E-state index contributed by atoms with van der Waals surface area (Å²) in [6.07, 6.45) is 0. The monoisotopic (exact) mass is 290 g/mol. The second-order valence-corrected chi connectivity index (χ2v) is 4.28. The summed E-state index contributed by atoms with van der Waals surface area (Å²) in [5.41, 5.74) is 2.51. The number of para-hydroxylation sites is 1. The van der Waals surface area contributed by atoms with Crippen molar-refractivity contribution >= 4 is 11.6 Å². The predicted molar refractivity (Wildman–Crippen MR) is 74.1 cm³/mol. The van der Waals surface area contributed by atoms with Gasteiger partial charge >= 0.3 is 0 Å². The molecule has 0 bridgehead atoms. The Balaban J connectivity index is 2.17. The third-order valence-corrected chi connectivity index (χ3v) is 2.79. The molecule has 2 rings (SSSR count). The molecule has 0 aliphatic rings. The number of hydrogen-bond donors (Lipinski definition) is 2. The summed E-state index contributed by atoms with van der Waals surface area (Å²) in [6, 6.07) is 9.02. The third kappa shape index (κ3) is 3.42. The van der Waals surface area contributed by atoms with Crippen LogP contribution >= 0.6 is 0 Å². The minimum Gasteiger partial charge on any atom is -0.507 e. The molecule has 0 heterocycles. The molecule has 21 heavy (non-hydrogen) atoms. The molecule has 0 saturated heterocycles. The Kier molecular flexibility index (Phi) is 4.27. The Morgan fingerprint density at radius 1 is 1.14 bits per heavy atom. The summed E-state index contributed by atoms with van der Waals surface area (Å²) >= 11 is 0. The van der Waals surface area contributed by atoms with Gasteiger partial charge in [-0.1, -0.05) is 12.1 Å². The molecule has 2 N–H and O–H groups in total. The molecular weight excluding hydrogens is 278 g/mol. The standard InChI is InChI=1S/C15H12F2N2O2/c1-9(11-7-6-10(16)8-13(11)17)18-19-15(21)12-4-2-3-5-14(12)20/h2-8,20H,1H3,(H,19,21)/b18-9-. The van der Waals surface area contributed by atoms with E-state index in [0.29, 0.717) is 0 Å². The van der Waals surface area contributed by atoms with Gasteiger partial charge in [0.15, 0.2) is 0 Å². The van der Waals surface area contributed by atoms with Crippen molar-refractivity contribution in [2.45, 2.75) is 6.92 Å². The van der Waals surface area contributed by atoms with Gasteiger partial charge in [-0.2, -0.15) is 5.10 Å². The minimum atomic E-state index is -0.770. The SMILES string of the molecule is C/C(=N/NC(=O)c1ccccc1O)c1ccc(F)cc1F. The molecule has 2 aromatic rings. The van der Waals surface area contributed by atoms with Crippen LogP contribution < -0.4 is 5.43 Å². The number of hydrogen-bond acceptors (Lipinski definition) is 3. The number of benzene rings is 2. The first-order valence-corrected chi connectivity index (χ1v) is 6.07. The number of rotatable bonds is 3. The van der Waals surface area contributed by atoms with Crippen molar-refractivity contribution in [3.63, 3.8) is 0 Å². The van der Waals surface area contributed by atoms with E-state index in [9.17, 15) is 18.7 Å². The number of phenols is 1. The molecule has 0 aliphatic heterocycles. The normalized spacial score (nSPS) is 11.3. The van der Waals surface area contributed by atoms with Crippen molar-refractivity contribution < 1.29 is 18.7 Å². The van der Waals surface area contributed by atoms with Crippen LogP contribution in [0.2, 0.25) is 0 Å². The van der Waals surface area contributed by atoms with E-state index < -0.39 is 17.5 Å². The van der Waals surface area contributed by atoms with Gasteiger partial charge in [-0.05, 0) is 31.2 Å². The van der Waals surface area contributed by atoms with E-state index in [1.165, 1.54) is 25.1 Å². The van der Waals surface area contributed by atoms with Gasteiger partial charge in [0.25, 0.3) is 5.91 Å². The molecule has 0 saturated carbocycles. The molecule has 0 radical (unpaired) electrons. The number of halogens is 2. The van der Waals surface area contributed by atoms with Gasteiger partial charge in [0.2, 0.25) is 0 Å². The lowest BCUT2D eigenvalue weighted by Gasteiger charge is -2.05. The van der Waals surface area contributed by atoms with Crippen LogP contribution in [0.4, 0.5) is 8.78 Å². The summed E-state index contributed by atoms with van der Waals surface area (Å²) in [4.78, 5) is 11.8. The minimum absolute atomic E-state index is 0.0497. The van der Waals surface area contributed by atoms with Crippen LogP contribution in [0.15, 0.2) is 47.6 Å². The smallest absolute Gasteiger partial charge is 0.275 e. The quantitative estimate of drug-likeness (QED) is 0.674. The summed E-state index contributed by atoms with van der Waals surface area (Å²) in [7, 11) is 0. The number of carbonyl (C=O) groups excluding carboxylic acids is 1. The zero-order chi connectivity index (χ0) is 15.4. The highest BCUT2D eigenvalue weighted by atomic mass is 19.1. The molecule has 0 atom stereocenters. The number of amides is 1. The van der Waals surface area contributed by atoms with Crippen LogP contribution in [-0.2, 0) is 0 Å². The average molecular weight is 290 g/mol. The fraction of sp³-hybridized carbons (Fsp3) is 0.0667. The highest BCUT2D eigenvalue weighted by Gasteiger charge is 2.11. The van der Waals surface area contributed by atoms with E-state index >= 15 is 0 Å². The van der Waals surface area contributed by atoms with Crippen molar-refractivity contribution in [2.24, 2.45) is 5.10 Å². The van der Waals surface area contributed by atoms with Crippen LogP contribution in [0, 0.1) is 11.6 Å². The van der Waals surface area contributed by atoms with Crippen molar-refractivity contribution in [3.05, 3.63) is 65.2 Å². The molecule has 0 aromatic heterocycles. The summed E-state index contributed by atoms with van der Waals surface area (Å²) in [6.45, 7) is 1.47. The van der Waals surface area contributed by atoms with Crippen LogP contribution in [0.5, 0.6) is 5.75 Å². The average Bonchev–Trinajstić information content (AvgIpc) is 2.45. The maximum atomic E-state index is 13.5. The van der Waals surface area contributed by atoms with Gasteiger partial charge in [-0.3, -0.25) is 4.79 Å². The Bertz CT molecular complexity index is 715. The number of nitrogens with one attached hydrogen (secondary N) is 1. The maximum absolute atomic E-state index is 13.5. The zero-order valence-corrected chi connectivity index (χ0v) is 11.1. The van der Waals surface area contributed by atoms with Gasteiger partial charge in [0.05, 0.1) is 11.3 Å². The lowest BCUT2D eigenvalue weighted by molar-refractivity contribution is 0.0952. The zero-order valence-electron chi connectivity index (χ0n) is 11.1. The molecule has 2 aromatic carbocycles. The molecule has 0 spiro atoms. The Labute approximate surface area is 119 Å². The lowest BCUT2D eigenvalue weighted by Crippen LogP contribution is -2.19. The molecule has 1 amide bonds. The van der Waals surface area contributed by atoms with Gasteiger partial charge in [0.1, 0.15) is 17.4 Å². The van der Waals surface area contributed by atoms with E-state index in [-0.39, 0.29) is 22.6 Å². The number of aromatic hydroxyl groups is 1. The third-order valence-electron chi connectivity index (χ3n) is 2.79. The summed E-state index contributed by atoms with van der Waals surface area (Å²) in [5, 5.41) is 13.3. The highest BCUT2D eigenvalue weighted by molar-refractivity contribution is 6.01. The van der Waals surface area contributed by atoms with Crippen molar-refractivity contribution in [2.75, 3.05) is 0 Å². The molecule has 4 nitrogen and oxygen atoms in total. The Morgan fingerprint density at radius 3 is 2.52 bits per heavy atom. The molecule has 0 aliphatic carbocycles. The van der Waals surface area contributed by atoms with Crippen molar-refractivity contribution in [1.29, 1.82) is 0 Å². The van der Waals surface area contributed by atoms with Gasteiger partial charge < -0.3 is 5.11 Å². The van der Waals surface area contributed by atoms with Gasteiger partial charge in [-0.25, -0.2) is 14.2 Å². The fourth-order valence-corrected chi connectivity index (χ4v) is 1.70. The van der Waals surface area contributed by atoms with Crippen molar-refractivity contribution in [3.8, 4) is 5.75 Å². The van der Waals surface area contributed by atoms with Crippen LogP contribution in [0.25, 0.3) is 0 Å². The van der Waals surface area contributed by atoms with E-state index in [4.69, 9.17) is 0 Å². The topological polar surface area (TPSA) is 61.7 Å². The Hall–Kier alpha value is -2.76.